The fourth-order valence-corrected chi connectivity index (χ4v) is 5.09. The summed E-state index contributed by atoms with van der Waals surface area (Å²) in [6.07, 6.45) is 0. The SMILES string of the molecule is CN(Cc1ccccc1)C(=O)c1cc(NC(=O)c2ccccc2F)ccc1N1CCN(C(=O)c2ccc(Cl)cc2)CC1. The van der Waals surface area contributed by atoms with Gasteiger partial charge in [0.05, 0.1) is 11.1 Å². The molecule has 1 heterocycles. The summed E-state index contributed by atoms with van der Waals surface area (Å²) in [7, 11) is 1.73. The van der Waals surface area contributed by atoms with Crippen molar-refractivity contribution in [3.63, 3.8) is 0 Å². The molecule has 214 valence electrons. The Morgan fingerprint density at radius 3 is 2.19 bits per heavy atom. The van der Waals surface area contributed by atoms with Gasteiger partial charge in [-0.2, -0.15) is 0 Å². The number of hydrogen-bond donors (Lipinski definition) is 1. The van der Waals surface area contributed by atoms with E-state index in [4.69, 9.17) is 11.6 Å². The lowest BCUT2D eigenvalue weighted by Crippen LogP contribution is -2.49. The molecular formula is C33H30ClFN4O3. The van der Waals surface area contributed by atoms with Gasteiger partial charge in [-0.15, -0.1) is 0 Å². The molecule has 0 bridgehead atoms. The van der Waals surface area contributed by atoms with Gasteiger partial charge in [0.25, 0.3) is 17.7 Å². The first-order valence-corrected chi connectivity index (χ1v) is 14.0. The van der Waals surface area contributed by atoms with Gasteiger partial charge in [-0.1, -0.05) is 54.1 Å². The third-order valence-electron chi connectivity index (χ3n) is 7.21. The number of carbonyl (C=O) groups excluding carboxylic acids is 3. The first-order chi connectivity index (χ1) is 20.3. The number of hydrogen-bond acceptors (Lipinski definition) is 4. The number of anilines is 2. The summed E-state index contributed by atoms with van der Waals surface area (Å²) < 4.78 is 14.2. The number of benzene rings is 4. The molecule has 0 unspecified atom stereocenters. The summed E-state index contributed by atoms with van der Waals surface area (Å²) >= 11 is 5.97. The van der Waals surface area contributed by atoms with Crippen molar-refractivity contribution >= 4 is 40.7 Å². The summed E-state index contributed by atoms with van der Waals surface area (Å²) in [6, 6.07) is 27.3. The number of nitrogens with zero attached hydrogens (tertiary/aromatic N) is 3. The van der Waals surface area contributed by atoms with Crippen LogP contribution in [0.25, 0.3) is 0 Å². The van der Waals surface area contributed by atoms with E-state index >= 15 is 0 Å². The lowest BCUT2D eigenvalue weighted by Gasteiger charge is -2.37. The lowest BCUT2D eigenvalue weighted by atomic mass is 10.1. The van der Waals surface area contributed by atoms with Crippen LogP contribution in [0.1, 0.15) is 36.6 Å². The van der Waals surface area contributed by atoms with Crippen molar-refractivity contribution in [2.24, 2.45) is 0 Å². The second-order valence-corrected chi connectivity index (χ2v) is 10.5. The summed E-state index contributed by atoms with van der Waals surface area (Å²) in [5.74, 6) is -1.53. The Labute approximate surface area is 249 Å². The molecule has 1 N–H and O–H groups in total. The molecule has 1 aliphatic rings. The Morgan fingerprint density at radius 2 is 1.50 bits per heavy atom. The number of nitrogens with one attached hydrogen (secondary N) is 1. The number of carbonyl (C=O) groups is 3. The van der Waals surface area contributed by atoms with E-state index in [-0.39, 0.29) is 17.4 Å². The monoisotopic (exact) mass is 584 g/mol. The zero-order chi connectivity index (χ0) is 29.6. The van der Waals surface area contributed by atoms with Gasteiger partial charge in [0.1, 0.15) is 5.82 Å². The molecule has 3 amide bonds. The molecular weight excluding hydrogens is 555 g/mol. The molecule has 42 heavy (non-hydrogen) atoms. The van der Waals surface area contributed by atoms with Crippen LogP contribution >= 0.6 is 11.6 Å². The molecule has 5 rings (SSSR count). The fraction of sp³-hybridized carbons (Fsp3) is 0.182. The molecule has 0 saturated carbocycles. The molecule has 0 atom stereocenters. The average Bonchev–Trinajstić information content (AvgIpc) is 3.01. The quantitative estimate of drug-likeness (QED) is 0.291. The molecule has 0 spiro atoms. The Bertz CT molecular complexity index is 1590. The highest BCUT2D eigenvalue weighted by Crippen LogP contribution is 2.28. The minimum absolute atomic E-state index is 0.0728. The van der Waals surface area contributed by atoms with Crippen molar-refractivity contribution in [1.29, 1.82) is 0 Å². The van der Waals surface area contributed by atoms with Crippen molar-refractivity contribution in [3.8, 4) is 0 Å². The van der Waals surface area contributed by atoms with Gasteiger partial charge in [-0.05, 0) is 60.2 Å². The summed E-state index contributed by atoms with van der Waals surface area (Å²) in [6.45, 7) is 2.38. The van der Waals surface area contributed by atoms with Gasteiger partial charge in [0.2, 0.25) is 0 Å². The number of halogens is 2. The van der Waals surface area contributed by atoms with Crippen molar-refractivity contribution in [2.45, 2.75) is 6.54 Å². The van der Waals surface area contributed by atoms with Crippen LogP contribution < -0.4 is 10.2 Å². The average molecular weight is 585 g/mol. The highest BCUT2D eigenvalue weighted by atomic mass is 35.5. The van der Waals surface area contributed by atoms with Crippen molar-refractivity contribution < 1.29 is 18.8 Å². The molecule has 0 aliphatic carbocycles. The Hall–Kier alpha value is -4.69. The minimum atomic E-state index is -0.628. The van der Waals surface area contributed by atoms with E-state index < -0.39 is 11.7 Å². The van der Waals surface area contributed by atoms with Gasteiger partial charge < -0.3 is 20.0 Å². The molecule has 4 aromatic carbocycles. The first kappa shape index (κ1) is 28.8. The number of amides is 3. The maximum Gasteiger partial charge on any atom is 0.258 e. The van der Waals surface area contributed by atoms with Crippen molar-refractivity contribution in [1.82, 2.24) is 9.80 Å². The van der Waals surface area contributed by atoms with E-state index in [1.54, 1.807) is 65.4 Å². The second kappa shape index (κ2) is 12.9. The van der Waals surface area contributed by atoms with Crippen LogP contribution in [0.3, 0.4) is 0 Å². The first-order valence-electron chi connectivity index (χ1n) is 13.6. The fourth-order valence-electron chi connectivity index (χ4n) is 4.96. The van der Waals surface area contributed by atoms with E-state index in [1.165, 1.54) is 18.2 Å². The lowest BCUT2D eigenvalue weighted by molar-refractivity contribution is 0.0742. The maximum atomic E-state index is 14.2. The Balaban J connectivity index is 1.38. The predicted octanol–water partition coefficient (Wildman–Crippen LogP) is 5.97. The number of rotatable bonds is 7. The van der Waals surface area contributed by atoms with E-state index in [0.717, 1.165) is 5.56 Å². The van der Waals surface area contributed by atoms with Gasteiger partial charge in [0, 0.05) is 61.7 Å². The highest BCUT2D eigenvalue weighted by molar-refractivity contribution is 6.30. The zero-order valence-corrected chi connectivity index (χ0v) is 23.9. The van der Waals surface area contributed by atoms with Crippen LogP contribution in [-0.2, 0) is 6.54 Å². The smallest absolute Gasteiger partial charge is 0.258 e. The largest absolute Gasteiger partial charge is 0.367 e. The van der Waals surface area contributed by atoms with Gasteiger partial charge in [0.15, 0.2) is 0 Å². The predicted molar refractivity (Wildman–Crippen MR) is 163 cm³/mol. The van der Waals surface area contributed by atoms with Crippen LogP contribution in [0.5, 0.6) is 0 Å². The van der Waals surface area contributed by atoms with E-state index in [0.29, 0.717) is 60.2 Å². The topological polar surface area (TPSA) is 73.0 Å². The van der Waals surface area contributed by atoms with Crippen LogP contribution in [0.4, 0.5) is 15.8 Å². The van der Waals surface area contributed by atoms with E-state index in [9.17, 15) is 18.8 Å². The maximum absolute atomic E-state index is 14.2. The van der Waals surface area contributed by atoms with E-state index in [2.05, 4.69) is 10.2 Å². The summed E-state index contributed by atoms with van der Waals surface area (Å²) in [4.78, 5) is 45.1. The molecule has 1 saturated heterocycles. The van der Waals surface area contributed by atoms with Crippen LogP contribution in [0.15, 0.2) is 97.1 Å². The molecule has 9 heteroatoms. The van der Waals surface area contributed by atoms with Gasteiger partial charge in [-0.3, -0.25) is 14.4 Å². The van der Waals surface area contributed by atoms with Crippen LogP contribution in [0, 0.1) is 5.82 Å². The normalized spacial score (nSPS) is 13.0. The standard InChI is InChI=1S/C33H30ClFN4O3/c1-37(22-23-7-3-2-4-8-23)33(42)28-21-26(36-31(40)27-9-5-6-10-29(27)35)15-16-30(28)38-17-19-39(20-18-38)32(41)24-11-13-25(34)14-12-24/h2-16,21H,17-20,22H2,1H3,(H,36,40). The Kier molecular flexibility index (Phi) is 8.83. The third kappa shape index (κ3) is 6.61. The molecule has 1 fully saturated rings. The summed E-state index contributed by atoms with van der Waals surface area (Å²) in [5, 5.41) is 3.30. The second-order valence-electron chi connectivity index (χ2n) is 10.1. The highest BCUT2D eigenvalue weighted by Gasteiger charge is 2.26. The van der Waals surface area contributed by atoms with Gasteiger partial charge in [-0.25, -0.2) is 4.39 Å². The van der Waals surface area contributed by atoms with Gasteiger partial charge >= 0.3 is 0 Å². The van der Waals surface area contributed by atoms with Crippen LogP contribution in [-0.4, -0.2) is 60.7 Å². The molecule has 4 aromatic rings. The molecule has 1 aliphatic heterocycles. The minimum Gasteiger partial charge on any atom is -0.367 e. The Morgan fingerprint density at radius 1 is 0.833 bits per heavy atom. The van der Waals surface area contributed by atoms with Crippen molar-refractivity contribution in [3.05, 3.63) is 130 Å². The van der Waals surface area contributed by atoms with Crippen molar-refractivity contribution in [2.75, 3.05) is 43.4 Å². The zero-order valence-electron chi connectivity index (χ0n) is 23.1. The molecule has 0 aromatic heterocycles. The number of piperazine rings is 1. The van der Waals surface area contributed by atoms with Crippen LogP contribution in [0.2, 0.25) is 5.02 Å². The molecule has 7 nitrogen and oxygen atoms in total. The third-order valence-corrected chi connectivity index (χ3v) is 7.46. The summed E-state index contributed by atoms with van der Waals surface area (Å²) in [5.41, 5.74) is 2.94. The van der Waals surface area contributed by atoms with E-state index in [1.807, 2.05) is 30.3 Å². The molecule has 0 radical (unpaired) electrons.